The van der Waals surface area contributed by atoms with Crippen LogP contribution in [0, 0.1) is 13.8 Å². The van der Waals surface area contributed by atoms with Gasteiger partial charge in [0.15, 0.2) is 0 Å². The fraction of sp³-hybridized carbons (Fsp3) is 0.350. The van der Waals surface area contributed by atoms with Gasteiger partial charge in [0.25, 0.3) is 0 Å². The second kappa shape index (κ2) is 7.60. The fourth-order valence-electron chi connectivity index (χ4n) is 3.25. The van der Waals surface area contributed by atoms with E-state index < -0.39 is 0 Å². The molecule has 0 aliphatic heterocycles. The minimum absolute atomic E-state index is 0.121. The number of aryl methyl sites for hydroxylation is 1. The number of hydrogen-bond acceptors (Lipinski definition) is 3. The summed E-state index contributed by atoms with van der Waals surface area (Å²) in [6.45, 7) is 6.52. The molecule has 3 rings (SSSR count). The molecule has 24 heavy (non-hydrogen) atoms. The zero-order valence-electron chi connectivity index (χ0n) is 14.4. The molecule has 0 amide bonds. The van der Waals surface area contributed by atoms with Crippen LogP contribution in [0.4, 0.5) is 0 Å². The molecule has 0 aliphatic rings. The van der Waals surface area contributed by atoms with E-state index in [2.05, 4.69) is 59.8 Å². The van der Waals surface area contributed by atoms with E-state index in [4.69, 9.17) is 5.11 Å². The summed E-state index contributed by atoms with van der Waals surface area (Å²) in [7, 11) is 0. The molecule has 0 bridgehead atoms. The Hall–Kier alpha value is -2.17. The zero-order chi connectivity index (χ0) is 16.9. The monoisotopic (exact) mass is 323 g/mol. The topological polar surface area (TPSA) is 50.1 Å². The third-order valence-corrected chi connectivity index (χ3v) is 4.60. The molecular formula is C20H25N3O. The molecule has 1 aromatic heterocycles. The zero-order valence-corrected chi connectivity index (χ0v) is 14.4. The van der Waals surface area contributed by atoms with Crippen molar-refractivity contribution in [2.75, 3.05) is 13.2 Å². The summed E-state index contributed by atoms with van der Waals surface area (Å²) in [4.78, 5) is 0. The second-order valence-corrected chi connectivity index (χ2v) is 6.16. The number of hydrogen-bond donors (Lipinski definition) is 2. The molecule has 1 heterocycles. The van der Waals surface area contributed by atoms with E-state index in [1.165, 1.54) is 21.9 Å². The molecule has 0 saturated heterocycles. The van der Waals surface area contributed by atoms with Crippen LogP contribution in [0.1, 0.15) is 22.5 Å². The van der Waals surface area contributed by atoms with Gasteiger partial charge in [-0.3, -0.25) is 4.68 Å². The Kier molecular flexibility index (Phi) is 5.28. The Morgan fingerprint density at radius 2 is 1.88 bits per heavy atom. The standard InChI is InChI=1S/C20H25N3O/c1-15-20(16(2)23(22-15)12-13-24)14-21-11-10-18-8-5-7-17-6-3-4-9-19(17)18/h3-9,21,24H,10-14H2,1-2H3. The van der Waals surface area contributed by atoms with Crippen LogP contribution in [-0.4, -0.2) is 28.0 Å². The molecule has 4 nitrogen and oxygen atoms in total. The SMILES string of the molecule is Cc1nn(CCO)c(C)c1CNCCc1cccc2ccccc12. The van der Waals surface area contributed by atoms with Gasteiger partial charge in [-0.05, 0) is 43.1 Å². The van der Waals surface area contributed by atoms with Crippen LogP contribution in [0.5, 0.6) is 0 Å². The van der Waals surface area contributed by atoms with Crippen LogP contribution in [0.15, 0.2) is 42.5 Å². The second-order valence-electron chi connectivity index (χ2n) is 6.16. The van der Waals surface area contributed by atoms with Gasteiger partial charge in [0.2, 0.25) is 0 Å². The fourth-order valence-corrected chi connectivity index (χ4v) is 3.25. The third-order valence-electron chi connectivity index (χ3n) is 4.60. The molecule has 0 saturated carbocycles. The first-order chi connectivity index (χ1) is 11.7. The number of fused-ring (bicyclic) bond motifs is 1. The molecule has 3 aromatic rings. The summed E-state index contributed by atoms with van der Waals surface area (Å²) >= 11 is 0. The summed E-state index contributed by atoms with van der Waals surface area (Å²) < 4.78 is 1.89. The van der Waals surface area contributed by atoms with Crippen molar-refractivity contribution in [3.63, 3.8) is 0 Å². The predicted octanol–water partition coefficient (Wildman–Crippen LogP) is 2.98. The van der Waals surface area contributed by atoms with Gasteiger partial charge >= 0.3 is 0 Å². The lowest BCUT2D eigenvalue weighted by Gasteiger charge is -2.09. The highest BCUT2D eigenvalue weighted by Crippen LogP contribution is 2.19. The van der Waals surface area contributed by atoms with Crippen molar-refractivity contribution in [2.24, 2.45) is 0 Å². The summed E-state index contributed by atoms with van der Waals surface area (Å²) in [6, 6.07) is 15.0. The molecule has 0 atom stereocenters. The van der Waals surface area contributed by atoms with Crippen molar-refractivity contribution in [1.29, 1.82) is 0 Å². The highest BCUT2D eigenvalue weighted by atomic mass is 16.3. The first-order valence-corrected chi connectivity index (χ1v) is 8.52. The average molecular weight is 323 g/mol. The summed E-state index contributed by atoms with van der Waals surface area (Å²) in [6.07, 6.45) is 1.00. The van der Waals surface area contributed by atoms with Crippen molar-refractivity contribution in [2.45, 2.75) is 33.4 Å². The Morgan fingerprint density at radius 1 is 1.08 bits per heavy atom. The highest BCUT2D eigenvalue weighted by Gasteiger charge is 2.10. The lowest BCUT2D eigenvalue weighted by molar-refractivity contribution is 0.267. The van der Waals surface area contributed by atoms with E-state index in [0.717, 1.165) is 30.9 Å². The Morgan fingerprint density at radius 3 is 2.71 bits per heavy atom. The van der Waals surface area contributed by atoms with Gasteiger partial charge in [0.1, 0.15) is 0 Å². The van der Waals surface area contributed by atoms with Gasteiger partial charge in [-0.2, -0.15) is 5.10 Å². The molecule has 0 aliphatic carbocycles. The summed E-state index contributed by atoms with van der Waals surface area (Å²) in [5, 5.41) is 19.8. The largest absolute Gasteiger partial charge is 0.394 e. The summed E-state index contributed by atoms with van der Waals surface area (Å²) in [5.41, 5.74) is 4.80. The Bertz CT molecular complexity index is 818. The van der Waals surface area contributed by atoms with Gasteiger partial charge in [-0.15, -0.1) is 0 Å². The lowest BCUT2D eigenvalue weighted by Crippen LogP contribution is -2.18. The minimum Gasteiger partial charge on any atom is -0.394 e. The van der Waals surface area contributed by atoms with E-state index in [1.54, 1.807) is 0 Å². The Labute approximate surface area is 143 Å². The first kappa shape index (κ1) is 16.7. The minimum atomic E-state index is 0.121. The molecule has 0 radical (unpaired) electrons. The van der Waals surface area contributed by atoms with Gasteiger partial charge < -0.3 is 10.4 Å². The van der Waals surface area contributed by atoms with Crippen LogP contribution >= 0.6 is 0 Å². The molecule has 2 aromatic carbocycles. The third kappa shape index (κ3) is 3.50. The van der Waals surface area contributed by atoms with Crippen molar-refractivity contribution in [3.05, 3.63) is 65.0 Å². The van der Waals surface area contributed by atoms with Crippen molar-refractivity contribution in [1.82, 2.24) is 15.1 Å². The van der Waals surface area contributed by atoms with Crippen molar-refractivity contribution < 1.29 is 5.11 Å². The molecular weight excluding hydrogens is 298 g/mol. The number of aliphatic hydroxyl groups is 1. The molecule has 2 N–H and O–H groups in total. The van der Waals surface area contributed by atoms with Gasteiger partial charge in [0.05, 0.1) is 18.8 Å². The van der Waals surface area contributed by atoms with E-state index >= 15 is 0 Å². The molecule has 0 fully saturated rings. The van der Waals surface area contributed by atoms with E-state index in [1.807, 2.05) is 11.6 Å². The average Bonchev–Trinajstić information content (AvgIpc) is 2.86. The van der Waals surface area contributed by atoms with Gasteiger partial charge in [-0.1, -0.05) is 42.5 Å². The van der Waals surface area contributed by atoms with Crippen LogP contribution in [0.25, 0.3) is 10.8 Å². The van der Waals surface area contributed by atoms with Crippen molar-refractivity contribution >= 4 is 10.8 Å². The highest BCUT2D eigenvalue weighted by molar-refractivity contribution is 5.85. The maximum Gasteiger partial charge on any atom is 0.0644 e. The Balaban J connectivity index is 1.61. The number of benzene rings is 2. The van der Waals surface area contributed by atoms with Gasteiger partial charge in [-0.25, -0.2) is 0 Å². The number of aliphatic hydroxyl groups excluding tert-OH is 1. The van der Waals surface area contributed by atoms with Crippen LogP contribution in [0.2, 0.25) is 0 Å². The van der Waals surface area contributed by atoms with Crippen LogP contribution < -0.4 is 5.32 Å². The maximum absolute atomic E-state index is 9.09. The van der Waals surface area contributed by atoms with E-state index in [9.17, 15) is 0 Å². The lowest BCUT2D eigenvalue weighted by atomic mass is 10.0. The normalized spacial score (nSPS) is 11.3. The smallest absolute Gasteiger partial charge is 0.0644 e. The number of aromatic nitrogens is 2. The first-order valence-electron chi connectivity index (χ1n) is 8.52. The van der Waals surface area contributed by atoms with Gasteiger partial charge in [0, 0.05) is 17.8 Å². The maximum atomic E-state index is 9.09. The van der Waals surface area contributed by atoms with Crippen molar-refractivity contribution in [3.8, 4) is 0 Å². The molecule has 4 heteroatoms. The molecule has 0 unspecified atom stereocenters. The molecule has 126 valence electrons. The quantitative estimate of drug-likeness (QED) is 0.657. The number of nitrogens with zero attached hydrogens (tertiary/aromatic N) is 2. The van der Waals surface area contributed by atoms with Crippen LogP contribution in [0.3, 0.4) is 0 Å². The summed E-state index contributed by atoms with van der Waals surface area (Å²) in [5.74, 6) is 0. The van der Waals surface area contributed by atoms with Crippen LogP contribution in [-0.2, 0) is 19.5 Å². The number of rotatable bonds is 7. The predicted molar refractivity (Wildman–Crippen MR) is 98.1 cm³/mol. The van der Waals surface area contributed by atoms with E-state index in [-0.39, 0.29) is 6.61 Å². The molecule has 0 spiro atoms. The number of nitrogens with one attached hydrogen (secondary N) is 1. The van der Waals surface area contributed by atoms with E-state index in [0.29, 0.717) is 6.54 Å².